The summed E-state index contributed by atoms with van der Waals surface area (Å²) in [6, 6.07) is 9.93. The van der Waals surface area contributed by atoms with Crippen molar-refractivity contribution in [1.82, 2.24) is 0 Å². The molecule has 1 radical (unpaired) electrons. The van der Waals surface area contributed by atoms with Crippen LogP contribution < -0.4 is 4.74 Å². The molecular weight excluding hydrogens is 212 g/mol. The minimum absolute atomic E-state index is 0.770. The molecule has 0 aliphatic carbocycles. The van der Waals surface area contributed by atoms with Gasteiger partial charge in [0.1, 0.15) is 5.75 Å². The summed E-state index contributed by atoms with van der Waals surface area (Å²) in [7, 11) is 0. The molecular formula is C15H23O2. The topological polar surface area (TPSA) is 18.5 Å². The van der Waals surface area contributed by atoms with E-state index in [0.717, 1.165) is 57.7 Å². The summed E-state index contributed by atoms with van der Waals surface area (Å²) in [6.07, 6.45) is 5.41. The summed E-state index contributed by atoms with van der Waals surface area (Å²) in [5, 5.41) is 0. The third-order valence-electron chi connectivity index (χ3n) is 2.48. The van der Waals surface area contributed by atoms with Crippen LogP contribution in [-0.4, -0.2) is 19.8 Å². The van der Waals surface area contributed by atoms with E-state index in [1.54, 1.807) is 0 Å². The van der Waals surface area contributed by atoms with Gasteiger partial charge in [0, 0.05) is 13.2 Å². The first-order valence-corrected chi connectivity index (χ1v) is 6.48. The third-order valence-corrected chi connectivity index (χ3v) is 2.48. The number of hydrogen-bond donors (Lipinski definition) is 0. The molecule has 0 bridgehead atoms. The van der Waals surface area contributed by atoms with E-state index in [4.69, 9.17) is 9.47 Å². The predicted molar refractivity (Wildman–Crippen MR) is 71.2 cm³/mol. The summed E-state index contributed by atoms with van der Waals surface area (Å²) in [5.41, 5.74) is 0. The maximum absolute atomic E-state index is 5.59. The molecule has 0 fully saturated rings. The van der Waals surface area contributed by atoms with Crippen LogP contribution in [0.5, 0.6) is 5.75 Å². The van der Waals surface area contributed by atoms with Crippen LogP contribution in [0.15, 0.2) is 30.3 Å². The number of rotatable bonds is 10. The van der Waals surface area contributed by atoms with Crippen molar-refractivity contribution < 1.29 is 9.47 Å². The van der Waals surface area contributed by atoms with Crippen LogP contribution in [0.1, 0.15) is 32.1 Å². The number of unbranched alkanes of at least 4 members (excludes halogenated alkanes) is 3. The lowest BCUT2D eigenvalue weighted by Gasteiger charge is -2.06. The summed E-state index contributed by atoms with van der Waals surface area (Å²) >= 11 is 0. The van der Waals surface area contributed by atoms with Crippen LogP contribution in [0.25, 0.3) is 0 Å². The van der Waals surface area contributed by atoms with Crippen molar-refractivity contribution in [2.75, 3.05) is 19.8 Å². The molecule has 0 saturated heterocycles. The molecule has 0 spiro atoms. The lowest BCUT2D eigenvalue weighted by atomic mass is 10.3. The van der Waals surface area contributed by atoms with E-state index in [9.17, 15) is 0 Å². The van der Waals surface area contributed by atoms with Gasteiger partial charge in [-0.3, -0.25) is 0 Å². The van der Waals surface area contributed by atoms with Crippen molar-refractivity contribution >= 4 is 0 Å². The molecule has 0 aliphatic rings. The lowest BCUT2D eigenvalue weighted by Crippen LogP contribution is -2.01. The number of benzene rings is 1. The fraction of sp³-hybridized carbons (Fsp3) is 0.533. The quantitative estimate of drug-likeness (QED) is 0.573. The Bertz CT molecular complexity index is 259. The maximum Gasteiger partial charge on any atom is 0.119 e. The van der Waals surface area contributed by atoms with E-state index in [-0.39, 0.29) is 0 Å². The van der Waals surface area contributed by atoms with Crippen LogP contribution in [0.3, 0.4) is 0 Å². The monoisotopic (exact) mass is 235 g/mol. The van der Waals surface area contributed by atoms with Crippen LogP contribution in [0.4, 0.5) is 0 Å². The van der Waals surface area contributed by atoms with Crippen LogP contribution in [0, 0.1) is 6.92 Å². The van der Waals surface area contributed by atoms with Gasteiger partial charge in [0.15, 0.2) is 0 Å². The second-order valence-corrected chi connectivity index (χ2v) is 4.04. The molecule has 2 nitrogen and oxygen atoms in total. The first-order valence-electron chi connectivity index (χ1n) is 6.48. The van der Waals surface area contributed by atoms with E-state index in [1.165, 1.54) is 0 Å². The fourth-order valence-electron chi connectivity index (χ4n) is 1.50. The molecule has 0 atom stereocenters. The second kappa shape index (κ2) is 10.2. The van der Waals surface area contributed by atoms with Gasteiger partial charge in [0.2, 0.25) is 0 Å². The Kier molecular flexibility index (Phi) is 8.39. The Morgan fingerprint density at radius 1 is 0.824 bits per heavy atom. The van der Waals surface area contributed by atoms with Gasteiger partial charge >= 0.3 is 0 Å². The Morgan fingerprint density at radius 2 is 1.47 bits per heavy atom. The van der Waals surface area contributed by atoms with Gasteiger partial charge in [-0.05, 0) is 31.4 Å². The van der Waals surface area contributed by atoms with Crippen molar-refractivity contribution in [1.29, 1.82) is 0 Å². The molecule has 17 heavy (non-hydrogen) atoms. The molecule has 0 unspecified atom stereocenters. The van der Waals surface area contributed by atoms with E-state index < -0.39 is 0 Å². The standard InChI is InChI=1S/C15H23O2/c1-2-3-7-12-16-13-8-9-14-17-15-10-5-4-6-11-15/h4-6,10-11H,1-3,7-9,12-14H2. The fourth-order valence-corrected chi connectivity index (χ4v) is 1.50. The number of hydrogen-bond acceptors (Lipinski definition) is 2. The average molecular weight is 235 g/mol. The Balaban J connectivity index is 1.85. The van der Waals surface area contributed by atoms with Gasteiger partial charge < -0.3 is 9.47 Å². The Labute approximate surface area is 105 Å². The molecule has 2 heteroatoms. The van der Waals surface area contributed by atoms with Crippen molar-refractivity contribution in [3.05, 3.63) is 37.3 Å². The van der Waals surface area contributed by atoms with E-state index in [1.807, 2.05) is 30.3 Å². The van der Waals surface area contributed by atoms with Crippen molar-refractivity contribution in [2.45, 2.75) is 32.1 Å². The predicted octanol–water partition coefficient (Wildman–Crippen LogP) is 3.87. The minimum Gasteiger partial charge on any atom is -0.494 e. The largest absolute Gasteiger partial charge is 0.494 e. The first kappa shape index (κ1) is 14.0. The van der Waals surface area contributed by atoms with E-state index in [2.05, 4.69) is 6.92 Å². The lowest BCUT2D eigenvalue weighted by molar-refractivity contribution is 0.123. The van der Waals surface area contributed by atoms with Gasteiger partial charge in [-0.1, -0.05) is 38.0 Å². The van der Waals surface area contributed by atoms with Gasteiger partial charge in [-0.2, -0.15) is 0 Å². The van der Waals surface area contributed by atoms with Crippen LogP contribution >= 0.6 is 0 Å². The molecule has 1 aromatic rings. The molecule has 0 saturated carbocycles. The van der Waals surface area contributed by atoms with Crippen molar-refractivity contribution in [3.8, 4) is 5.75 Å². The normalized spacial score (nSPS) is 10.4. The highest BCUT2D eigenvalue weighted by Crippen LogP contribution is 2.08. The van der Waals surface area contributed by atoms with Crippen LogP contribution in [-0.2, 0) is 4.74 Å². The smallest absolute Gasteiger partial charge is 0.119 e. The minimum atomic E-state index is 0.770. The van der Waals surface area contributed by atoms with Gasteiger partial charge in [-0.25, -0.2) is 0 Å². The molecule has 0 amide bonds. The molecule has 1 aromatic carbocycles. The zero-order valence-corrected chi connectivity index (χ0v) is 10.6. The summed E-state index contributed by atoms with van der Waals surface area (Å²) < 4.78 is 11.1. The highest BCUT2D eigenvalue weighted by atomic mass is 16.5. The molecule has 0 aromatic heterocycles. The van der Waals surface area contributed by atoms with Gasteiger partial charge in [-0.15, -0.1) is 0 Å². The first-order chi connectivity index (χ1) is 8.43. The van der Waals surface area contributed by atoms with E-state index in [0.29, 0.717) is 0 Å². The summed E-state index contributed by atoms with van der Waals surface area (Å²) in [4.78, 5) is 0. The number of para-hydroxylation sites is 1. The average Bonchev–Trinajstić information content (AvgIpc) is 2.38. The molecule has 95 valence electrons. The summed E-state index contributed by atoms with van der Waals surface area (Å²) in [6.45, 7) is 6.28. The zero-order valence-electron chi connectivity index (χ0n) is 10.6. The molecule has 0 N–H and O–H groups in total. The van der Waals surface area contributed by atoms with Crippen molar-refractivity contribution in [2.24, 2.45) is 0 Å². The van der Waals surface area contributed by atoms with Crippen molar-refractivity contribution in [3.63, 3.8) is 0 Å². The SMILES string of the molecule is [CH2]CCCCOCCCCOc1ccccc1. The highest BCUT2D eigenvalue weighted by Gasteiger charge is 1.93. The van der Waals surface area contributed by atoms with E-state index >= 15 is 0 Å². The Hall–Kier alpha value is -1.02. The highest BCUT2D eigenvalue weighted by molar-refractivity contribution is 5.20. The molecule has 0 aliphatic heterocycles. The Morgan fingerprint density at radius 3 is 2.18 bits per heavy atom. The molecule has 1 rings (SSSR count). The molecule has 0 heterocycles. The second-order valence-electron chi connectivity index (χ2n) is 4.04. The zero-order chi connectivity index (χ0) is 12.2. The van der Waals surface area contributed by atoms with Gasteiger partial charge in [0.05, 0.1) is 6.61 Å². The summed E-state index contributed by atoms with van der Waals surface area (Å²) in [5.74, 6) is 0.948. The maximum atomic E-state index is 5.59. The number of ether oxygens (including phenoxy) is 2. The van der Waals surface area contributed by atoms with Gasteiger partial charge in [0.25, 0.3) is 0 Å². The third kappa shape index (κ3) is 7.81. The van der Waals surface area contributed by atoms with Crippen LogP contribution in [0.2, 0.25) is 0 Å².